The second-order valence-corrected chi connectivity index (χ2v) is 11.1. The molecule has 5 rings (SSSR count). The van der Waals surface area contributed by atoms with Crippen molar-refractivity contribution in [3.8, 4) is 10.6 Å². The Balaban J connectivity index is 1.23. The van der Waals surface area contributed by atoms with Gasteiger partial charge in [0.2, 0.25) is 15.9 Å². The molecular weight excluding hydrogens is 406 g/mol. The van der Waals surface area contributed by atoms with Crippen LogP contribution in [0.1, 0.15) is 18.4 Å². The standard InChI is InChI=1S/C21H21N3O3S2/c1-13-2-9-18-19(10-13)28-21(23-18)14-3-5-16(6-4-14)22-20(25)15-11-24(12-15)29(26,27)17-7-8-17/h2-6,9-10,15,17H,7-8,11-12H2,1H3,(H,22,25). The second-order valence-electron chi connectivity index (χ2n) is 7.82. The van der Waals surface area contributed by atoms with E-state index in [1.54, 1.807) is 11.3 Å². The number of carbonyl (C=O) groups excluding carboxylic acids is 1. The van der Waals surface area contributed by atoms with E-state index in [1.165, 1.54) is 9.87 Å². The molecule has 0 radical (unpaired) electrons. The third kappa shape index (κ3) is 3.56. The van der Waals surface area contributed by atoms with Crippen molar-refractivity contribution in [2.24, 2.45) is 5.92 Å². The molecule has 0 spiro atoms. The molecule has 8 heteroatoms. The summed E-state index contributed by atoms with van der Waals surface area (Å²) in [6.07, 6.45) is 1.49. The second kappa shape index (κ2) is 6.90. The number of nitrogens with zero attached hydrogens (tertiary/aromatic N) is 2. The monoisotopic (exact) mass is 427 g/mol. The van der Waals surface area contributed by atoms with Gasteiger partial charge < -0.3 is 5.32 Å². The Labute approximate surface area is 173 Å². The molecule has 29 heavy (non-hydrogen) atoms. The Kier molecular flexibility index (Phi) is 4.45. The van der Waals surface area contributed by atoms with Crippen LogP contribution in [-0.4, -0.2) is 42.0 Å². The molecule has 150 valence electrons. The number of hydrogen-bond acceptors (Lipinski definition) is 5. The Morgan fingerprint density at radius 3 is 2.55 bits per heavy atom. The zero-order valence-electron chi connectivity index (χ0n) is 16.0. The van der Waals surface area contributed by atoms with Gasteiger partial charge in [-0.3, -0.25) is 4.79 Å². The normalized spacial score (nSPS) is 18.0. The lowest BCUT2D eigenvalue weighted by Gasteiger charge is -2.37. The summed E-state index contributed by atoms with van der Waals surface area (Å²) < 4.78 is 26.9. The fourth-order valence-electron chi connectivity index (χ4n) is 3.48. The van der Waals surface area contributed by atoms with Gasteiger partial charge >= 0.3 is 0 Å². The highest BCUT2D eigenvalue weighted by Gasteiger charge is 2.46. The minimum atomic E-state index is -3.17. The lowest BCUT2D eigenvalue weighted by molar-refractivity contribution is -0.122. The summed E-state index contributed by atoms with van der Waals surface area (Å²) >= 11 is 1.65. The first-order chi connectivity index (χ1) is 13.9. The van der Waals surface area contributed by atoms with Gasteiger partial charge in [-0.2, -0.15) is 4.31 Å². The van der Waals surface area contributed by atoms with Crippen LogP contribution >= 0.6 is 11.3 Å². The summed E-state index contributed by atoms with van der Waals surface area (Å²) in [4.78, 5) is 17.1. The molecule has 2 heterocycles. The van der Waals surface area contributed by atoms with Crippen LogP contribution in [0.25, 0.3) is 20.8 Å². The summed E-state index contributed by atoms with van der Waals surface area (Å²) in [5.74, 6) is -0.411. The first-order valence-corrected chi connectivity index (χ1v) is 12.0. The number of anilines is 1. The molecule has 1 amide bonds. The molecule has 6 nitrogen and oxygen atoms in total. The molecule has 1 aromatic heterocycles. The Morgan fingerprint density at radius 1 is 1.14 bits per heavy atom. The molecule has 0 bridgehead atoms. The van der Waals surface area contributed by atoms with Crippen molar-refractivity contribution in [3.63, 3.8) is 0 Å². The molecular formula is C21H21N3O3S2. The molecule has 1 N–H and O–H groups in total. The molecule has 0 atom stereocenters. The molecule has 1 saturated carbocycles. The minimum Gasteiger partial charge on any atom is -0.326 e. The highest BCUT2D eigenvalue weighted by atomic mass is 32.2. The number of aromatic nitrogens is 1. The number of fused-ring (bicyclic) bond motifs is 1. The van der Waals surface area contributed by atoms with E-state index in [1.807, 2.05) is 30.3 Å². The number of hydrogen-bond donors (Lipinski definition) is 1. The summed E-state index contributed by atoms with van der Waals surface area (Å²) in [6.45, 7) is 2.64. The Hall–Kier alpha value is -2.29. The summed E-state index contributed by atoms with van der Waals surface area (Å²) in [6, 6.07) is 13.8. The van der Waals surface area contributed by atoms with E-state index in [2.05, 4.69) is 29.4 Å². The maximum absolute atomic E-state index is 12.4. The van der Waals surface area contributed by atoms with Crippen LogP contribution in [0, 0.1) is 12.8 Å². The van der Waals surface area contributed by atoms with Crippen LogP contribution < -0.4 is 5.32 Å². The van der Waals surface area contributed by atoms with Crippen LogP contribution in [0.2, 0.25) is 0 Å². The van der Waals surface area contributed by atoms with Gasteiger partial charge in [0.05, 0.1) is 21.4 Å². The van der Waals surface area contributed by atoms with Crippen molar-refractivity contribution < 1.29 is 13.2 Å². The van der Waals surface area contributed by atoms with Crippen LogP contribution in [-0.2, 0) is 14.8 Å². The molecule has 2 aliphatic rings. The first kappa shape index (κ1) is 18.7. The largest absolute Gasteiger partial charge is 0.326 e. The van der Waals surface area contributed by atoms with Crippen LogP contribution in [0.15, 0.2) is 42.5 Å². The van der Waals surface area contributed by atoms with E-state index >= 15 is 0 Å². The van der Waals surface area contributed by atoms with E-state index in [4.69, 9.17) is 0 Å². The van der Waals surface area contributed by atoms with Crippen molar-refractivity contribution in [1.29, 1.82) is 0 Å². The average Bonchev–Trinajstić information content (AvgIpc) is 3.42. The van der Waals surface area contributed by atoms with Gasteiger partial charge in [-0.1, -0.05) is 6.07 Å². The van der Waals surface area contributed by atoms with E-state index in [9.17, 15) is 13.2 Å². The zero-order chi connectivity index (χ0) is 20.2. The van der Waals surface area contributed by atoms with Crippen LogP contribution in [0.5, 0.6) is 0 Å². The van der Waals surface area contributed by atoms with Crippen molar-refractivity contribution >= 4 is 43.2 Å². The predicted molar refractivity (Wildman–Crippen MR) is 115 cm³/mol. The average molecular weight is 428 g/mol. The van der Waals surface area contributed by atoms with Crippen molar-refractivity contribution in [2.45, 2.75) is 25.0 Å². The van der Waals surface area contributed by atoms with Gasteiger partial charge in [-0.25, -0.2) is 13.4 Å². The molecule has 1 aliphatic carbocycles. The fraction of sp³-hybridized carbons (Fsp3) is 0.333. The molecule has 0 unspecified atom stereocenters. The quantitative estimate of drug-likeness (QED) is 0.674. The van der Waals surface area contributed by atoms with E-state index in [-0.39, 0.29) is 30.2 Å². The molecule has 1 saturated heterocycles. The van der Waals surface area contributed by atoms with Gasteiger partial charge in [-0.05, 0) is 61.7 Å². The topological polar surface area (TPSA) is 79.4 Å². The van der Waals surface area contributed by atoms with Crippen molar-refractivity contribution in [3.05, 3.63) is 48.0 Å². The smallest absolute Gasteiger partial charge is 0.230 e. The van der Waals surface area contributed by atoms with Crippen molar-refractivity contribution in [1.82, 2.24) is 9.29 Å². The van der Waals surface area contributed by atoms with E-state index < -0.39 is 10.0 Å². The number of aryl methyl sites for hydroxylation is 1. The van der Waals surface area contributed by atoms with Gasteiger partial charge in [0, 0.05) is 24.3 Å². The first-order valence-electron chi connectivity index (χ1n) is 9.67. The Morgan fingerprint density at radius 2 is 1.86 bits per heavy atom. The van der Waals surface area contributed by atoms with Crippen LogP contribution in [0.3, 0.4) is 0 Å². The SMILES string of the molecule is Cc1ccc2nc(-c3ccc(NC(=O)C4CN(S(=O)(=O)C5CC5)C4)cc3)sc2c1. The van der Waals surface area contributed by atoms with Gasteiger partial charge in [-0.15, -0.1) is 11.3 Å². The van der Waals surface area contributed by atoms with Crippen molar-refractivity contribution in [2.75, 3.05) is 18.4 Å². The Bertz CT molecular complexity index is 1190. The van der Waals surface area contributed by atoms with E-state index in [0.29, 0.717) is 5.69 Å². The lowest BCUT2D eigenvalue weighted by Crippen LogP contribution is -2.55. The molecule has 2 aromatic carbocycles. The highest BCUT2D eigenvalue weighted by Crippen LogP contribution is 2.35. The number of benzene rings is 2. The number of carbonyl (C=O) groups is 1. The maximum atomic E-state index is 12.4. The maximum Gasteiger partial charge on any atom is 0.230 e. The third-order valence-corrected chi connectivity index (χ3v) is 8.87. The fourth-order valence-corrected chi connectivity index (χ4v) is 6.48. The summed E-state index contributed by atoms with van der Waals surface area (Å²) in [5, 5.41) is 3.63. The van der Waals surface area contributed by atoms with Gasteiger partial charge in [0.15, 0.2) is 0 Å². The number of amides is 1. The number of sulfonamides is 1. The number of nitrogens with one attached hydrogen (secondary N) is 1. The van der Waals surface area contributed by atoms with Gasteiger partial charge in [0.25, 0.3) is 0 Å². The molecule has 2 fully saturated rings. The zero-order valence-corrected chi connectivity index (χ0v) is 17.6. The highest BCUT2D eigenvalue weighted by molar-refractivity contribution is 7.90. The number of rotatable bonds is 5. The third-order valence-electron chi connectivity index (χ3n) is 5.47. The molecule has 1 aliphatic heterocycles. The van der Waals surface area contributed by atoms with Crippen LogP contribution in [0.4, 0.5) is 5.69 Å². The predicted octanol–water partition coefficient (Wildman–Crippen LogP) is 3.63. The summed E-state index contributed by atoms with van der Waals surface area (Å²) in [7, 11) is -3.17. The van der Waals surface area contributed by atoms with Gasteiger partial charge in [0.1, 0.15) is 5.01 Å². The number of thiazole rings is 1. The minimum absolute atomic E-state index is 0.129. The molecule has 3 aromatic rings. The van der Waals surface area contributed by atoms with E-state index in [0.717, 1.165) is 33.6 Å². The lowest BCUT2D eigenvalue weighted by atomic mass is 10.0. The summed E-state index contributed by atoms with van der Waals surface area (Å²) in [5.41, 5.74) is 3.92.